The van der Waals surface area contributed by atoms with Gasteiger partial charge in [-0.05, 0) is 90.5 Å². The van der Waals surface area contributed by atoms with Crippen molar-refractivity contribution in [1.29, 1.82) is 0 Å². The Morgan fingerprint density at radius 1 is 1.06 bits per heavy atom. The molecule has 2 aliphatic heterocycles. The number of nitrogens with one attached hydrogen (secondary N) is 2. The van der Waals surface area contributed by atoms with Gasteiger partial charge in [-0.1, -0.05) is 53.7 Å². The molecule has 4 aromatic rings. The summed E-state index contributed by atoms with van der Waals surface area (Å²) >= 11 is 11.6. The van der Waals surface area contributed by atoms with Crippen LogP contribution in [0.15, 0.2) is 81.6 Å². The molecule has 3 heterocycles. The quantitative estimate of drug-likeness (QED) is 0.139. The minimum Gasteiger partial charge on any atom is -0.495 e. The van der Waals surface area contributed by atoms with E-state index in [-0.39, 0.29) is 18.4 Å². The van der Waals surface area contributed by atoms with Crippen molar-refractivity contribution in [3.8, 4) is 17.2 Å². The van der Waals surface area contributed by atoms with Crippen molar-refractivity contribution in [1.82, 2.24) is 19.7 Å². The van der Waals surface area contributed by atoms with E-state index in [9.17, 15) is 9.59 Å². The number of thioether (sulfide) groups is 1. The van der Waals surface area contributed by atoms with Crippen LogP contribution in [-0.4, -0.2) is 64.9 Å². The summed E-state index contributed by atoms with van der Waals surface area (Å²) in [5.74, 6) is 1.99. The largest absolute Gasteiger partial charge is 0.495 e. The fourth-order valence-corrected chi connectivity index (χ4v) is 7.70. The van der Waals surface area contributed by atoms with Crippen molar-refractivity contribution in [3.05, 3.63) is 92.6 Å². The van der Waals surface area contributed by atoms with Crippen LogP contribution in [0.25, 0.3) is 0 Å². The fourth-order valence-electron chi connectivity index (χ4n) is 6.01. The highest BCUT2D eigenvalue weighted by molar-refractivity contribution is 9.10. The molecule has 0 radical (unpaired) electrons. The van der Waals surface area contributed by atoms with Crippen molar-refractivity contribution in [2.24, 2.45) is 0 Å². The van der Waals surface area contributed by atoms with Gasteiger partial charge < -0.3 is 29.7 Å². The Kier molecular flexibility index (Phi) is 11.6. The number of carbonyl (C=O) groups excluding carboxylic acids is 2. The number of halogens is 2. The van der Waals surface area contributed by atoms with Crippen LogP contribution in [0.3, 0.4) is 0 Å². The summed E-state index contributed by atoms with van der Waals surface area (Å²) in [5, 5.41) is 12.4. The number of amides is 2. The second-order valence-electron chi connectivity index (χ2n) is 11.8. The lowest BCUT2D eigenvalue weighted by atomic mass is 9.94. The van der Waals surface area contributed by atoms with Gasteiger partial charge in [0, 0.05) is 29.6 Å². The average molecular weight is 782 g/mol. The van der Waals surface area contributed by atoms with Gasteiger partial charge in [0.2, 0.25) is 11.1 Å². The molecule has 0 spiro atoms. The summed E-state index contributed by atoms with van der Waals surface area (Å²) in [4.78, 5) is 33.8. The standard InChI is InChI=1S/C36H38BrClN6O5S/c1-4-48-29-19-24(18-25(37)33(29)49-20-30(45)43-16-10-5-11-17-43)32-31(34(46)40-27-14-8-9-15-28(27)47-3)22(2)39-35-41-36(42-44(32)35)50-21-23-12-6-7-13-26(23)38/h6-9,12-15,18-19,32H,4-5,10-11,16-17,20-21H2,1-3H3,(H,40,46)(H,39,41,42). The number of aromatic nitrogens is 3. The van der Waals surface area contributed by atoms with Crippen LogP contribution in [0.4, 0.5) is 11.6 Å². The van der Waals surface area contributed by atoms with E-state index in [0.717, 1.165) is 37.9 Å². The van der Waals surface area contributed by atoms with Crippen LogP contribution in [-0.2, 0) is 15.3 Å². The molecule has 1 saturated heterocycles. The third-order valence-corrected chi connectivity index (χ3v) is 10.3. The first-order chi connectivity index (χ1) is 24.3. The molecule has 0 aliphatic carbocycles. The SMILES string of the molecule is CCOc1cc(C2C(C(=O)Nc3ccccc3OC)=C(C)Nc3nc(SCc4ccccc4Cl)nn32)cc(Br)c1OCC(=O)N1CCCCC1. The third-order valence-electron chi connectivity index (χ3n) is 8.44. The first-order valence-electron chi connectivity index (χ1n) is 16.4. The number of ether oxygens (including phenoxy) is 3. The van der Waals surface area contributed by atoms with Gasteiger partial charge in [0.05, 0.1) is 29.4 Å². The summed E-state index contributed by atoms with van der Waals surface area (Å²) in [6.45, 7) is 5.42. The van der Waals surface area contributed by atoms with Gasteiger partial charge in [-0.2, -0.15) is 4.98 Å². The fraction of sp³-hybridized carbons (Fsp3) is 0.333. The lowest BCUT2D eigenvalue weighted by molar-refractivity contribution is -0.134. The number of rotatable bonds is 12. The zero-order valence-corrected chi connectivity index (χ0v) is 31.2. The molecule has 1 aromatic heterocycles. The number of carbonyl (C=O) groups is 2. The Bertz CT molecular complexity index is 1910. The molecule has 1 atom stereocenters. The van der Waals surface area contributed by atoms with Crippen LogP contribution < -0.4 is 24.8 Å². The van der Waals surface area contributed by atoms with Crippen LogP contribution in [0, 0.1) is 0 Å². The molecule has 0 bridgehead atoms. The van der Waals surface area contributed by atoms with Gasteiger partial charge in [0.15, 0.2) is 18.1 Å². The minimum atomic E-state index is -0.720. The topological polar surface area (TPSA) is 120 Å². The molecule has 1 fully saturated rings. The molecule has 2 amide bonds. The molecular formula is C36H38BrClN6O5S. The van der Waals surface area contributed by atoms with Gasteiger partial charge in [0.25, 0.3) is 11.8 Å². The highest BCUT2D eigenvalue weighted by Gasteiger charge is 2.36. The van der Waals surface area contributed by atoms with Crippen LogP contribution in [0.2, 0.25) is 5.02 Å². The Balaban J connectivity index is 1.37. The highest BCUT2D eigenvalue weighted by atomic mass is 79.9. The van der Waals surface area contributed by atoms with Crippen LogP contribution >= 0.6 is 39.3 Å². The molecule has 50 heavy (non-hydrogen) atoms. The van der Waals surface area contributed by atoms with Crippen molar-refractivity contribution in [3.63, 3.8) is 0 Å². The number of benzene rings is 3. The van der Waals surface area contributed by atoms with Crippen molar-refractivity contribution in [2.45, 2.75) is 50.1 Å². The zero-order valence-electron chi connectivity index (χ0n) is 28.0. The average Bonchev–Trinajstić information content (AvgIpc) is 3.53. The number of nitrogens with zero attached hydrogens (tertiary/aromatic N) is 4. The van der Waals surface area contributed by atoms with E-state index in [2.05, 4.69) is 26.6 Å². The predicted molar refractivity (Wildman–Crippen MR) is 198 cm³/mol. The van der Waals surface area contributed by atoms with Gasteiger partial charge in [-0.3, -0.25) is 9.59 Å². The van der Waals surface area contributed by atoms with E-state index in [4.69, 9.17) is 35.9 Å². The molecule has 3 aromatic carbocycles. The van der Waals surface area contributed by atoms with Crippen LogP contribution in [0.1, 0.15) is 50.3 Å². The van der Waals surface area contributed by atoms with Crippen LogP contribution in [0.5, 0.6) is 17.2 Å². The lowest BCUT2D eigenvalue weighted by Crippen LogP contribution is -2.38. The van der Waals surface area contributed by atoms with Crippen molar-refractivity contribution >= 4 is 62.7 Å². The Labute approximate surface area is 308 Å². The first-order valence-corrected chi connectivity index (χ1v) is 18.5. The van der Waals surface area contributed by atoms with E-state index >= 15 is 0 Å². The molecule has 1 unspecified atom stereocenters. The number of methoxy groups -OCH3 is 1. The number of hydrogen-bond acceptors (Lipinski definition) is 9. The van der Waals surface area contributed by atoms with Crippen molar-refractivity contribution < 1.29 is 23.8 Å². The first kappa shape index (κ1) is 35.6. The summed E-state index contributed by atoms with van der Waals surface area (Å²) in [5.41, 5.74) is 3.20. The number of fused-ring (bicyclic) bond motifs is 1. The van der Waals surface area contributed by atoms with E-state index in [0.29, 0.717) is 72.7 Å². The van der Waals surface area contributed by atoms with E-state index < -0.39 is 6.04 Å². The summed E-state index contributed by atoms with van der Waals surface area (Å²) in [6.07, 6.45) is 3.12. The summed E-state index contributed by atoms with van der Waals surface area (Å²) in [6, 6.07) is 17.9. The number of para-hydroxylation sites is 2. The van der Waals surface area contributed by atoms with Gasteiger partial charge in [-0.25, -0.2) is 4.68 Å². The second kappa shape index (κ2) is 16.2. The number of allylic oxidation sites excluding steroid dienone is 1. The number of hydrogen-bond donors (Lipinski definition) is 2. The van der Waals surface area contributed by atoms with E-state index in [1.54, 1.807) is 23.9 Å². The summed E-state index contributed by atoms with van der Waals surface area (Å²) < 4.78 is 20.0. The number of piperidine rings is 1. The summed E-state index contributed by atoms with van der Waals surface area (Å²) in [7, 11) is 1.56. The molecule has 11 nitrogen and oxygen atoms in total. The Hall–Kier alpha value is -4.20. The maximum atomic E-state index is 14.2. The van der Waals surface area contributed by atoms with Gasteiger partial charge >= 0.3 is 0 Å². The highest BCUT2D eigenvalue weighted by Crippen LogP contribution is 2.44. The van der Waals surface area contributed by atoms with Gasteiger partial charge in [-0.15, -0.1) is 5.10 Å². The molecular weight excluding hydrogens is 744 g/mol. The lowest BCUT2D eigenvalue weighted by Gasteiger charge is -2.29. The minimum absolute atomic E-state index is 0.0654. The third kappa shape index (κ3) is 7.90. The smallest absolute Gasteiger partial charge is 0.260 e. The van der Waals surface area contributed by atoms with Crippen molar-refractivity contribution in [2.75, 3.05) is 44.0 Å². The Morgan fingerprint density at radius 2 is 1.82 bits per heavy atom. The molecule has 6 rings (SSSR count). The molecule has 14 heteroatoms. The monoisotopic (exact) mass is 780 g/mol. The number of anilines is 2. The maximum Gasteiger partial charge on any atom is 0.260 e. The zero-order chi connectivity index (χ0) is 35.2. The van der Waals surface area contributed by atoms with E-state index in [1.807, 2.05) is 67.3 Å². The molecule has 0 saturated carbocycles. The molecule has 2 aliphatic rings. The normalized spacial score (nSPS) is 15.6. The number of likely N-dealkylation sites (tertiary alicyclic amines) is 1. The molecule has 2 N–H and O–H groups in total. The Morgan fingerprint density at radius 3 is 2.58 bits per heavy atom. The predicted octanol–water partition coefficient (Wildman–Crippen LogP) is 7.71. The maximum absolute atomic E-state index is 14.2. The second-order valence-corrected chi connectivity index (χ2v) is 14.0. The van der Waals surface area contributed by atoms with E-state index in [1.165, 1.54) is 11.8 Å². The molecule has 262 valence electrons. The van der Waals surface area contributed by atoms with Gasteiger partial charge in [0.1, 0.15) is 11.8 Å².